The fourth-order valence-electron chi connectivity index (χ4n) is 3.96. The normalized spacial score (nSPS) is 38.9. The highest BCUT2D eigenvalue weighted by Gasteiger charge is 2.40. The first-order valence-corrected chi connectivity index (χ1v) is 6.99. The third-order valence-corrected chi connectivity index (χ3v) is 5.07. The van der Waals surface area contributed by atoms with Gasteiger partial charge in [0.25, 0.3) is 0 Å². The standard InChI is InChI=1S/C14H23NO/c15-14(10-3-4-10)8-13(16)7-12-6-9-1-2-11(12)5-9/h9-12,14H,1-8,15H2. The van der Waals surface area contributed by atoms with E-state index in [4.69, 9.17) is 5.73 Å². The van der Waals surface area contributed by atoms with Crippen LogP contribution in [-0.4, -0.2) is 11.8 Å². The van der Waals surface area contributed by atoms with Gasteiger partial charge in [0.1, 0.15) is 5.78 Å². The highest BCUT2D eigenvalue weighted by atomic mass is 16.1. The van der Waals surface area contributed by atoms with Crippen molar-refractivity contribution in [3.8, 4) is 0 Å². The minimum absolute atomic E-state index is 0.172. The summed E-state index contributed by atoms with van der Waals surface area (Å²) in [6.07, 6.45) is 9.54. The molecule has 3 rings (SSSR count). The minimum atomic E-state index is 0.172. The van der Waals surface area contributed by atoms with Crippen LogP contribution in [0.25, 0.3) is 0 Å². The Morgan fingerprint density at radius 3 is 2.56 bits per heavy atom. The second-order valence-corrected chi connectivity index (χ2v) is 6.38. The number of ketones is 1. The molecule has 2 N–H and O–H groups in total. The van der Waals surface area contributed by atoms with Gasteiger partial charge in [0.15, 0.2) is 0 Å². The maximum atomic E-state index is 11.9. The zero-order valence-electron chi connectivity index (χ0n) is 10.0. The Labute approximate surface area is 98.0 Å². The van der Waals surface area contributed by atoms with E-state index in [2.05, 4.69) is 0 Å². The van der Waals surface area contributed by atoms with E-state index in [1.54, 1.807) is 0 Å². The van der Waals surface area contributed by atoms with Crippen LogP contribution < -0.4 is 5.73 Å². The van der Waals surface area contributed by atoms with Gasteiger partial charge < -0.3 is 5.73 Å². The monoisotopic (exact) mass is 221 g/mol. The van der Waals surface area contributed by atoms with Gasteiger partial charge in [-0.3, -0.25) is 4.79 Å². The molecular formula is C14H23NO. The van der Waals surface area contributed by atoms with E-state index in [1.807, 2.05) is 0 Å². The first-order valence-electron chi connectivity index (χ1n) is 6.99. The number of fused-ring (bicyclic) bond motifs is 2. The summed E-state index contributed by atoms with van der Waals surface area (Å²) in [5.74, 6) is 3.67. The zero-order chi connectivity index (χ0) is 11.1. The lowest BCUT2D eigenvalue weighted by molar-refractivity contribution is -0.120. The van der Waals surface area contributed by atoms with Gasteiger partial charge in [-0.1, -0.05) is 6.42 Å². The van der Waals surface area contributed by atoms with Crippen LogP contribution in [0.2, 0.25) is 0 Å². The number of carbonyl (C=O) groups excluding carboxylic acids is 1. The molecule has 90 valence electrons. The van der Waals surface area contributed by atoms with Crippen molar-refractivity contribution >= 4 is 5.78 Å². The van der Waals surface area contributed by atoms with Crippen LogP contribution in [0.4, 0.5) is 0 Å². The molecule has 3 aliphatic rings. The predicted octanol–water partition coefficient (Wildman–Crippen LogP) is 2.51. The van der Waals surface area contributed by atoms with Crippen molar-refractivity contribution in [2.45, 2.75) is 57.4 Å². The van der Waals surface area contributed by atoms with Crippen LogP contribution in [0, 0.1) is 23.7 Å². The van der Waals surface area contributed by atoms with Crippen LogP contribution in [0.5, 0.6) is 0 Å². The number of hydrogen-bond donors (Lipinski definition) is 1. The average Bonchev–Trinajstić information content (AvgIpc) is 2.91. The first-order chi connectivity index (χ1) is 7.72. The smallest absolute Gasteiger partial charge is 0.134 e. The topological polar surface area (TPSA) is 43.1 Å². The second-order valence-electron chi connectivity index (χ2n) is 6.38. The molecule has 2 heteroatoms. The van der Waals surface area contributed by atoms with Crippen molar-refractivity contribution < 1.29 is 4.79 Å². The Morgan fingerprint density at radius 2 is 2.00 bits per heavy atom. The Morgan fingerprint density at radius 1 is 1.19 bits per heavy atom. The van der Waals surface area contributed by atoms with Crippen LogP contribution >= 0.6 is 0 Å². The van der Waals surface area contributed by atoms with Gasteiger partial charge >= 0.3 is 0 Å². The Kier molecular flexibility index (Phi) is 2.78. The molecular weight excluding hydrogens is 198 g/mol. The van der Waals surface area contributed by atoms with Crippen molar-refractivity contribution in [2.24, 2.45) is 29.4 Å². The minimum Gasteiger partial charge on any atom is -0.327 e. The lowest BCUT2D eigenvalue weighted by Gasteiger charge is -2.21. The summed E-state index contributed by atoms with van der Waals surface area (Å²) < 4.78 is 0. The molecule has 0 aliphatic heterocycles. The SMILES string of the molecule is NC(CC(=O)CC1CC2CCC1C2)C1CC1. The molecule has 3 aliphatic carbocycles. The summed E-state index contributed by atoms with van der Waals surface area (Å²) in [7, 11) is 0. The zero-order valence-corrected chi connectivity index (χ0v) is 10.0. The third kappa shape index (κ3) is 2.17. The highest BCUT2D eigenvalue weighted by Crippen LogP contribution is 2.49. The molecule has 4 unspecified atom stereocenters. The highest BCUT2D eigenvalue weighted by molar-refractivity contribution is 5.79. The number of Topliss-reactive ketones (excluding diaryl/α,β-unsaturated/α-hetero) is 1. The van der Waals surface area contributed by atoms with E-state index in [0.29, 0.717) is 18.1 Å². The Balaban J connectivity index is 1.45. The Bertz CT molecular complexity index is 284. The summed E-state index contributed by atoms with van der Waals surface area (Å²) >= 11 is 0. The molecule has 0 amide bonds. The van der Waals surface area contributed by atoms with Gasteiger partial charge in [-0.2, -0.15) is 0 Å². The molecule has 0 heterocycles. The van der Waals surface area contributed by atoms with Crippen LogP contribution in [0.3, 0.4) is 0 Å². The Hall–Kier alpha value is -0.370. The van der Waals surface area contributed by atoms with Crippen molar-refractivity contribution in [2.75, 3.05) is 0 Å². The molecule has 4 atom stereocenters. The van der Waals surface area contributed by atoms with E-state index in [0.717, 1.165) is 24.2 Å². The van der Waals surface area contributed by atoms with E-state index in [9.17, 15) is 4.79 Å². The summed E-state index contributed by atoms with van der Waals surface area (Å²) in [5, 5.41) is 0. The van der Waals surface area contributed by atoms with Crippen molar-refractivity contribution in [3.63, 3.8) is 0 Å². The van der Waals surface area contributed by atoms with E-state index < -0.39 is 0 Å². The quantitative estimate of drug-likeness (QED) is 0.775. The molecule has 0 aromatic carbocycles. The first kappa shape index (κ1) is 10.8. The molecule has 0 radical (unpaired) electrons. The number of nitrogens with two attached hydrogens (primary N) is 1. The molecule has 0 spiro atoms. The summed E-state index contributed by atoms with van der Waals surface area (Å²) in [6.45, 7) is 0. The largest absolute Gasteiger partial charge is 0.327 e. The van der Waals surface area contributed by atoms with Crippen LogP contribution in [0.15, 0.2) is 0 Å². The van der Waals surface area contributed by atoms with E-state index in [1.165, 1.54) is 38.5 Å². The van der Waals surface area contributed by atoms with Crippen LogP contribution in [-0.2, 0) is 4.79 Å². The number of hydrogen-bond acceptors (Lipinski definition) is 2. The summed E-state index contributed by atoms with van der Waals surface area (Å²) in [4.78, 5) is 11.9. The second kappa shape index (κ2) is 4.14. The molecule has 3 saturated carbocycles. The lowest BCUT2D eigenvalue weighted by atomic mass is 9.84. The third-order valence-electron chi connectivity index (χ3n) is 5.07. The van der Waals surface area contributed by atoms with Gasteiger partial charge in [-0.25, -0.2) is 0 Å². The predicted molar refractivity (Wildman–Crippen MR) is 63.9 cm³/mol. The number of rotatable bonds is 5. The maximum absolute atomic E-state index is 11.9. The van der Waals surface area contributed by atoms with Gasteiger partial charge in [-0.15, -0.1) is 0 Å². The molecule has 0 aromatic rings. The van der Waals surface area contributed by atoms with Gasteiger partial charge in [0.05, 0.1) is 0 Å². The molecule has 0 aromatic heterocycles. The average molecular weight is 221 g/mol. The fraction of sp³-hybridized carbons (Fsp3) is 0.929. The molecule has 2 nitrogen and oxygen atoms in total. The molecule has 16 heavy (non-hydrogen) atoms. The van der Waals surface area contributed by atoms with Crippen molar-refractivity contribution in [1.82, 2.24) is 0 Å². The van der Waals surface area contributed by atoms with Crippen molar-refractivity contribution in [1.29, 1.82) is 0 Å². The van der Waals surface area contributed by atoms with E-state index >= 15 is 0 Å². The fourth-order valence-corrected chi connectivity index (χ4v) is 3.96. The summed E-state index contributed by atoms with van der Waals surface area (Å²) in [6, 6.07) is 0.172. The van der Waals surface area contributed by atoms with Crippen LogP contribution in [0.1, 0.15) is 51.4 Å². The number of carbonyl (C=O) groups is 1. The van der Waals surface area contributed by atoms with Crippen molar-refractivity contribution in [3.05, 3.63) is 0 Å². The summed E-state index contributed by atoms with van der Waals surface area (Å²) in [5.41, 5.74) is 6.01. The molecule has 0 saturated heterocycles. The van der Waals surface area contributed by atoms with Gasteiger partial charge in [0, 0.05) is 18.9 Å². The lowest BCUT2D eigenvalue weighted by Crippen LogP contribution is -2.27. The van der Waals surface area contributed by atoms with Gasteiger partial charge in [0.2, 0.25) is 0 Å². The molecule has 3 fully saturated rings. The van der Waals surface area contributed by atoms with Gasteiger partial charge in [-0.05, 0) is 55.8 Å². The van der Waals surface area contributed by atoms with E-state index in [-0.39, 0.29) is 6.04 Å². The maximum Gasteiger partial charge on any atom is 0.134 e. The molecule has 2 bridgehead atoms.